The van der Waals surface area contributed by atoms with E-state index in [2.05, 4.69) is 35.7 Å². The average molecular weight is 213 g/mol. The molecule has 1 unspecified atom stereocenters. The maximum atomic E-state index is 3.89. The van der Waals surface area contributed by atoms with Crippen LogP contribution in [0.15, 0.2) is 6.20 Å². The van der Waals surface area contributed by atoms with E-state index >= 15 is 0 Å². The smallest absolute Gasteiger partial charge is 0.0669 e. The standard InChI is InChI=1S/C10H19N3S/c1-10(2,3)6-5-8(11-4)9-7-12-13-14-9/h7-8,11H,5-6H2,1-4H3. The summed E-state index contributed by atoms with van der Waals surface area (Å²) in [5.74, 6) is 0. The third-order valence-electron chi connectivity index (χ3n) is 2.25. The zero-order valence-electron chi connectivity index (χ0n) is 9.37. The van der Waals surface area contributed by atoms with Gasteiger partial charge in [-0.2, -0.15) is 0 Å². The molecule has 1 aromatic rings. The van der Waals surface area contributed by atoms with E-state index in [0.29, 0.717) is 11.5 Å². The van der Waals surface area contributed by atoms with Crippen molar-refractivity contribution in [2.75, 3.05) is 7.05 Å². The van der Waals surface area contributed by atoms with Gasteiger partial charge in [-0.05, 0) is 36.8 Å². The number of hydrogen-bond donors (Lipinski definition) is 1. The molecule has 1 atom stereocenters. The molecule has 0 aliphatic heterocycles. The zero-order valence-corrected chi connectivity index (χ0v) is 10.2. The van der Waals surface area contributed by atoms with E-state index < -0.39 is 0 Å². The molecule has 0 saturated carbocycles. The van der Waals surface area contributed by atoms with Crippen molar-refractivity contribution in [3.05, 3.63) is 11.1 Å². The van der Waals surface area contributed by atoms with Gasteiger partial charge in [0, 0.05) is 6.04 Å². The first-order chi connectivity index (χ1) is 6.53. The van der Waals surface area contributed by atoms with Gasteiger partial charge in [0.05, 0.1) is 11.1 Å². The van der Waals surface area contributed by atoms with Crippen LogP contribution >= 0.6 is 11.5 Å². The summed E-state index contributed by atoms with van der Waals surface area (Å²) in [5, 5.41) is 7.17. The van der Waals surface area contributed by atoms with E-state index in [9.17, 15) is 0 Å². The van der Waals surface area contributed by atoms with Crippen LogP contribution in [0.5, 0.6) is 0 Å². The summed E-state index contributed by atoms with van der Waals surface area (Å²) >= 11 is 1.48. The van der Waals surface area contributed by atoms with Gasteiger partial charge in [0.25, 0.3) is 0 Å². The Morgan fingerprint density at radius 2 is 2.21 bits per heavy atom. The van der Waals surface area contributed by atoms with Crippen molar-refractivity contribution in [2.24, 2.45) is 5.41 Å². The van der Waals surface area contributed by atoms with Crippen LogP contribution < -0.4 is 5.32 Å². The highest BCUT2D eigenvalue weighted by Gasteiger charge is 2.16. The van der Waals surface area contributed by atoms with Gasteiger partial charge in [-0.15, -0.1) is 5.10 Å². The molecule has 0 aromatic carbocycles. The summed E-state index contributed by atoms with van der Waals surface area (Å²) in [4.78, 5) is 1.23. The molecular formula is C10H19N3S. The molecule has 1 heterocycles. The van der Waals surface area contributed by atoms with Crippen LogP contribution in [0.4, 0.5) is 0 Å². The lowest BCUT2D eigenvalue weighted by Crippen LogP contribution is -2.18. The van der Waals surface area contributed by atoms with E-state index in [1.165, 1.54) is 22.8 Å². The first-order valence-corrected chi connectivity index (χ1v) is 5.75. The fourth-order valence-corrected chi connectivity index (χ4v) is 1.98. The van der Waals surface area contributed by atoms with Gasteiger partial charge in [-0.1, -0.05) is 25.3 Å². The van der Waals surface area contributed by atoms with Crippen LogP contribution in [-0.4, -0.2) is 16.6 Å². The molecule has 1 rings (SSSR count). The highest BCUT2D eigenvalue weighted by molar-refractivity contribution is 7.05. The molecule has 4 heteroatoms. The summed E-state index contributed by atoms with van der Waals surface area (Å²) in [7, 11) is 1.99. The maximum Gasteiger partial charge on any atom is 0.0669 e. The molecule has 14 heavy (non-hydrogen) atoms. The van der Waals surface area contributed by atoms with Crippen LogP contribution in [0, 0.1) is 5.41 Å². The Bertz CT molecular complexity index is 251. The minimum atomic E-state index is 0.396. The third-order valence-corrected chi connectivity index (χ3v) is 3.03. The van der Waals surface area contributed by atoms with Gasteiger partial charge in [0.1, 0.15) is 0 Å². The number of nitrogens with zero attached hydrogens (tertiary/aromatic N) is 2. The second-order valence-electron chi connectivity index (χ2n) is 4.76. The Balaban J connectivity index is 2.49. The van der Waals surface area contributed by atoms with Crippen molar-refractivity contribution >= 4 is 11.5 Å². The normalized spacial score (nSPS) is 14.3. The van der Waals surface area contributed by atoms with Crippen LogP contribution in [0.25, 0.3) is 0 Å². The minimum Gasteiger partial charge on any atom is -0.312 e. The van der Waals surface area contributed by atoms with Gasteiger partial charge >= 0.3 is 0 Å². The predicted octanol–water partition coefficient (Wildman–Crippen LogP) is 2.62. The van der Waals surface area contributed by atoms with Crippen molar-refractivity contribution in [3.63, 3.8) is 0 Å². The first-order valence-electron chi connectivity index (χ1n) is 4.97. The predicted molar refractivity (Wildman–Crippen MR) is 60.4 cm³/mol. The van der Waals surface area contributed by atoms with Gasteiger partial charge in [-0.3, -0.25) is 0 Å². The summed E-state index contributed by atoms with van der Waals surface area (Å²) < 4.78 is 3.89. The second kappa shape index (κ2) is 4.84. The van der Waals surface area contributed by atoms with Crippen molar-refractivity contribution in [2.45, 2.75) is 39.7 Å². The van der Waals surface area contributed by atoms with Crippen LogP contribution in [0.1, 0.15) is 44.5 Å². The lowest BCUT2D eigenvalue weighted by atomic mass is 9.88. The number of rotatable bonds is 4. The quantitative estimate of drug-likeness (QED) is 0.835. The second-order valence-corrected chi connectivity index (χ2v) is 5.58. The summed E-state index contributed by atoms with van der Waals surface area (Å²) in [6.07, 6.45) is 4.20. The number of nitrogens with one attached hydrogen (secondary N) is 1. The highest BCUT2D eigenvalue weighted by Crippen LogP contribution is 2.27. The van der Waals surface area contributed by atoms with Crippen molar-refractivity contribution in [1.82, 2.24) is 14.9 Å². The topological polar surface area (TPSA) is 37.8 Å². The molecule has 0 aliphatic rings. The Labute approximate surface area is 90.1 Å². The van der Waals surface area contributed by atoms with E-state index in [1.807, 2.05) is 13.2 Å². The van der Waals surface area contributed by atoms with Crippen LogP contribution in [0.2, 0.25) is 0 Å². The molecule has 1 aromatic heterocycles. The van der Waals surface area contributed by atoms with Gasteiger partial charge in [-0.25, -0.2) is 0 Å². The Hall–Kier alpha value is -0.480. The van der Waals surface area contributed by atoms with E-state index in [4.69, 9.17) is 0 Å². The lowest BCUT2D eigenvalue weighted by molar-refractivity contribution is 0.339. The molecule has 0 saturated heterocycles. The molecule has 3 nitrogen and oxygen atoms in total. The molecule has 0 bridgehead atoms. The first kappa shape index (κ1) is 11.6. The maximum absolute atomic E-state index is 3.89. The molecule has 0 aliphatic carbocycles. The minimum absolute atomic E-state index is 0.396. The van der Waals surface area contributed by atoms with Gasteiger partial charge in [0.2, 0.25) is 0 Å². The van der Waals surface area contributed by atoms with Crippen molar-refractivity contribution < 1.29 is 0 Å². The van der Waals surface area contributed by atoms with E-state index in [1.54, 1.807) is 0 Å². The van der Waals surface area contributed by atoms with E-state index in [-0.39, 0.29) is 0 Å². The van der Waals surface area contributed by atoms with Gasteiger partial charge in [0.15, 0.2) is 0 Å². The molecule has 0 spiro atoms. The zero-order chi connectivity index (χ0) is 10.6. The molecule has 0 amide bonds. The summed E-state index contributed by atoms with van der Waals surface area (Å²) in [6, 6.07) is 0.411. The molecule has 1 N–H and O–H groups in total. The Morgan fingerprint density at radius 1 is 1.50 bits per heavy atom. The van der Waals surface area contributed by atoms with E-state index in [0.717, 1.165) is 6.42 Å². The molecule has 0 radical (unpaired) electrons. The number of aromatic nitrogens is 2. The molecule has 0 fully saturated rings. The Morgan fingerprint density at radius 3 is 2.64 bits per heavy atom. The lowest BCUT2D eigenvalue weighted by Gasteiger charge is -2.21. The summed E-state index contributed by atoms with van der Waals surface area (Å²) in [6.45, 7) is 6.81. The van der Waals surface area contributed by atoms with Crippen molar-refractivity contribution in [1.29, 1.82) is 0 Å². The van der Waals surface area contributed by atoms with Crippen LogP contribution in [-0.2, 0) is 0 Å². The van der Waals surface area contributed by atoms with Gasteiger partial charge < -0.3 is 5.32 Å². The number of hydrogen-bond acceptors (Lipinski definition) is 4. The van der Waals surface area contributed by atoms with Crippen LogP contribution in [0.3, 0.4) is 0 Å². The highest BCUT2D eigenvalue weighted by atomic mass is 32.1. The fourth-order valence-electron chi connectivity index (χ4n) is 1.33. The SMILES string of the molecule is CNC(CCC(C)(C)C)c1cnns1. The van der Waals surface area contributed by atoms with Crippen molar-refractivity contribution in [3.8, 4) is 0 Å². The average Bonchev–Trinajstić information content (AvgIpc) is 2.56. The molecular weight excluding hydrogens is 194 g/mol. The monoisotopic (exact) mass is 213 g/mol. The molecule has 80 valence electrons. The largest absolute Gasteiger partial charge is 0.312 e. The Kier molecular flexibility index (Phi) is 4.01. The fraction of sp³-hybridized carbons (Fsp3) is 0.800. The third kappa shape index (κ3) is 3.72. The summed E-state index contributed by atoms with van der Waals surface area (Å²) in [5.41, 5.74) is 0.396.